The van der Waals surface area contributed by atoms with Gasteiger partial charge in [0.2, 0.25) is 5.91 Å². The van der Waals surface area contributed by atoms with Crippen molar-refractivity contribution in [2.45, 2.75) is 38.5 Å². The number of hydrogen-bond acceptors (Lipinski definition) is 2. The second-order valence-electron chi connectivity index (χ2n) is 5.62. The maximum atomic E-state index is 12.2. The topological polar surface area (TPSA) is 23.6 Å². The van der Waals surface area contributed by atoms with E-state index >= 15 is 0 Å². The third-order valence-corrected chi connectivity index (χ3v) is 4.67. The first-order valence-electron chi connectivity index (χ1n) is 7.35. The predicted octanol–water partition coefficient (Wildman–Crippen LogP) is 2.50. The highest BCUT2D eigenvalue weighted by Crippen LogP contribution is 2.26. The fraction of sp³-hybridized carbons (Fsp3) is 0.929. The van der Waals surface area contributed by atoms with Crippen LogP contribution in [0.25, 0.3) is 0 Å². The quantitative estimate of drug-likeness (QED) is 0.744. The van der Waals surface area contributed by atoms with Gasteiger partial charge in [-0.2, -0.15) is 0 Å². The number of carbonyl (C=O) groups is 1. The molecule has 2 rings (SSSR count). The van der Waals surface area contributed by atoms with Gasteiger partial charge in [0.25, 0.3) is 0 Å². The van der Waals surface area contributed by atoms with Gasteiger partial charge in [-0.1, -0.05) is 35.2 Å². The lowest BCUT2D eigenvalue weighted by Gasteiger charge is -2.35. The average molecular weight is 317 g/mol. The van der Waals surface area contributed by atoms with E-state index < -0.39 is 0 Å². The molecule has 4 heteroatoms. The monoisotopic (exact) mass is 316 g/mol. The van der Waals surface area contributed by atoms with E-state index in [2.05, 4.69) is 25.7 Å². The van der Waals surface area contributed by atoms with E-state index in [-0.39, 0.29) is 0 Å². The van der Waals surface area contributed by atoms with E-state index in [0.29, 0.717) is 11.8 Å². The summed E-state index contributed by atoms with van der Waals surface area (Å²) in [7, 11) is 0. The van der Waals surface area contributed by atoms with Crippen LogP contribution in [0, 0.1) is 5.92 Å². The van der Waals surface area contributed by atoms with Gasteiger partial charge >= 0.3 is 0 Å². The first-order valence-corrected chi connectivity index (χ1v) is 8.48. The molecule has 0 aromatic heterocycles. The predicted molar refractivity (Wildman–Crippen MR) is 78.0 cm³/mol. The molecule has 1 aliphatic heterocycles. The van der Waals surface area contributed by atoms with Crippen molar-refractivity contribution < 1.29 is 4.79 Å². The summed E-state index contributed by atoms with van der Waals surface area (Å²) < 4.78 is 0. The Hall–Kier alpha value is -0.0900. The molecule has 0 aromatic rings. The lowest BCUT2D eigenvalue weighted by Crippen LogP contribution is -2.49. The average Bonchev–Trinajstić information content (AvgIpc) is 2.41. The fourth-order valence-electron chi connectivity index (χ4n) is 3.11. The van der Waals surface area contributed by atoms with E-state index in [9.17, 15) is 4.79 Å². The Balaban J connectivity index is 1.70. The van der Waals surface area contributed by atoms with Crippen LogP contribution < -0.4 is 0 Å². The number of halogens is 1. The Labute approximate surface area is 119 Å². The highest BCUT2D eigenvalue weighted by molar-refractivity contribution is 9.09. The molecule has 0 aromatic carbocycles. The Kier molecular flexibility index (Phi) is 5.96. The highest BCUT2D eigenvalue weighted by Gasteiger charge is 2.24. The van der Waals surface area contributed by atoms with Crippen LogP contribution in [-0.4, -0.2) is 53.8 Å². The van der Waals surface area contributed by atoms with Gasteiger partial charge in [0.15, 0.2) is 0 Å². The second-order valence-corrected chi connectivity index (χ2v) is 6.41. The van der Waals surface area contributed by atoms with Crippen LogP contribution in [0.1, 0.15) is 38.5 Å². The van der Waals surface area contributed by atoms with Crippen LogP contribution in [0.5, 0.6) is 0 Å². The van der Waals surface area contributed by atoms with Gasteiger partial charge in [-0.25, -0.2) is 0 Å². The highest BCUT2D eigenvalue weighted by atomic mass is 79.9. The Morgan fingerprint density at radius 3 is 2.33 bits per heavy atom. The number of hydrogen-bond donors (Lipinski definition) is 0. The van der Waals surface area contributed by atoms with Crippen molar-refractivity contribution >= 4 is 21.8 Å². The summed E-state index contributed by atoms with van der Waals surface area (Å²) >= 11 is 3.47. The van der Waals surface area contributed by atoms with Crippen molar-refractivity contribution in [3.8, 4) is 0 Å². The molecule has 0 bridgehead atoms. The smallest absolute Gasteiger partial charge is 0.222 e. The molecule has 0 atom stereocenters. The Morgan fingerprint density at radius 1 is 1.06 bits per heavy atom. The maximum Gasteiger partial charge on any atom is 0.222 e. The molecule has 2 aliphatic rings. The van der Waals surface area contributed by atoms with E-state index in [1.54, 1.807) is 0 Å². The molecule has 0 spiro atoms. The number of nitrogens with zero attached hydrogens (tertiary/aromatic N) is 2. The van der Waals surface area contributed by atoms with Gasteiger partial charge in [0.05, 0.1) is 0 Å². The molecule has 0 N–H and O–H groups in total. The molecule has 1 saturated carbocycles. The van der Waals surface area contributed by atoms with Crippen molar-refractivity contribution in [2.75, 3.05) is 38.1 Å². The van der Waals surface area contributed by atoms with Crippen LogP contribution in [0.2, 0.25) is 0 Å². The summed E-state index contributed by atoms with van der Waals surface area (Å²) in [4.78, 5) is 16.7. The fourth-order valence-corrected chi connectivity index (χ4v) is 3.61. The van der Waals surface area contributed by atoms with Crippen molar-refractivity contribution in [3.63, 3.8) is 0 Å². The SMILES string of the molecule is O=C(CC1CCCCC1)N1CCN(CCBr)CC1. The van der Waals surface area contributed by atoms with Crippen LogP contribution in [0.15, 0.2) is 0 Å². The van der Waals surface area contributed by atoms with E-state index in [0.717, 1.165) is 44.5 Å². The molecule has 2 fully saturated rings. The Morgan fingerprint density at radius 2 is 1.72 bits per heavy atom. The second kappa shape index (κ2) is 7.49. The number of rotatable bonds is 4. The molecule has 104 valence electrons. The lowest BCUT2D eigenvalue weighted by molar-refractivity contribution is -0.134. The molecular formula is C14H25BrN2O. The molecule has 3 nitrogen and oxygen atoms in total. The van der Waals surface area contributed by atoms with Crippen molar-refractivity contribution in [1.29, 1.82) is 0 Å². The minimum atomic E-state index is 0.403. The standard InChI is InChI=1S/C14H25BrN2O/c15-6-7-16-8-10-17(11-9-16)14(18)12-13-4-2-1-3-5-13/h13H,1-12H2. The first kappa shape index (κ1) is 14.3. The lowest BCUT2D eigenvalue weighted by atomic mass is 9.86. The van der Waals surface area contributed by atoms with Crippen LogP contribution in [0.3, 0.4) is 0 Å². The van der Waals surface area contributed by atoms with Crippen LogP contribution >= 0.6 is 15.9 Å². The van der Waals surface area contributed by atoms with Crippen LogP contribution in [-0.2, 0) is 4.79 Å². The van der Waals surface area contributed by atoms with Crippen molar-refractivity contribution in [3.05, 3.63) is 0 Å². The van der Waals surface area contributed by atoms with Gasteiger partial charge in [-0.3, -0.25) is 9.69 Å². The van der Waals surface area contributed by atoms with Crippen LogP contribution in [0.4, 0.5) is 0 Å². The summed E-state index contributed by atoms with van der Waals surface area (Å²) in [6.45, 7) is 5.05. The van der Waals surface area contributed by atoms with Gasteiger partial charge in [0, 0.05) is 44.5 Å². The van der Waals surface area contributed by atoms with E-state index in [1.165, 1.54) is 32.1 Å². The summed E-state index contributed by atoms with van der Waals surface area (Å²) in [5.74, 6) is 1.08. The van der Waals surface area contributed by atoms with Crippen molar-refractivity contribution in [2.24, 2.45) is 5.92 Å². The zero-order valence-corrected chi connectivity index (χ0v) is 12.8. The minimum Gasteiger partial charge on any atom is -0.340 e. The zero-order valence-electron chi connectivity index (χ0n) is 11.2. The summed E-state index contributed by atoms with van der Waals surface area (Å²) in [5, 5.41) is 1.03. The first-order chi connectivity index (χ1) is 8.79. The number of piperazine rings is 1. The number of alkyl halides is 1. The normalized spacial score (nSPS) is 23.3. The summed E-state index contributed by atoms with van der Waals surface area (Å²) in [6, 6.07) is 0. The van der Waals surface area contributed by atoms with E-state index in [4.69, 9.17) is 0 Å². The molecule has 18 heavy (non-hydrogen) atoms. The minimum absolute atomic E-state index is 0.403. The zero-order chi connectivity index (χ0) is 12.8. The number of carbonyl (C=O) groups excluding carboxylic acids is 1. The third-order valence-electron chi connectivity index (χ3n) is 4.31. The molecule has 1 amide bonds. The number of amides is 1. The molecule has 0 radical (unpaired) electrons. The largest absolute Gasteiger partial charge is 0.340 e. The van der Waals surface area contributed by atoms with Gasteiger partial charge in [0.1, 0.15) is 0 Å². The van der Waals surface area contributed by atoms with Gasteiger partial charge in [-0.15, -0.1) is 0 Å². The van der Waals surface area contributed by atoms with Gasteiger partial charge in [-0.05, 0) is 18.8 Å². The third kappa shape index (κ3) is 4.23. The summed E-state index contributed by atoms with van der Waals surface area (Å²) in [5.41, 5.74) is 0. The molecular weight excluding hydrogens is 292 g/mol. The van der Waals surface area contributed by atoms with Gasteiger partial charge < -0.3 is 4.90 Å². The Bertz CT molecular complexity index is 259. The van der Waals surface area contributed by atoms with E-state index in [1.807, 2.05) is 0 Å². The molecule has 1 aliphatic carbocycles. The van der Waals surface area contributed by atoms with Crippen molar-refractivity contribution in [1.82, 2.24) is 9.80 Å². The molecule has 1 saturated heterocycles. The maximum absolute atomic E-state index is 12.2. The molecule has 0 unspecified atom stereocenters. The molecule has 1 heterocycles. The summed E-state index contributed by atoms with van der Waals surface area (Å²) in [6.07, 6.45) is 7.38.